The SMILES string of the molecule is O=C(O)C(=O)O.c1ccc(OCCNC[C@@H]2CO[C@H](c3ccccc3)CO2)cc1. The number of benzene rings is 2. The van der Waals surface area contributed by atoms with Gasteiger partial charge in [0.1, 0.15) is 18.5 Å². The molecule has 1 heterocycles. The van der Waals surface area contributed by atoms with Crippen LogP contribution < -0.4 is 10.1 Å². The molecule has 1 fully saturated rings. The molecule has 8 nitrogen and oxygen atoms in total. The number of aliphatic carboxylic acids is 2. The van der Waals surface area contributed by atoms with Crippen molar-refractivity contribution >= 4 is 11.9 Å². The molecular weight excluding hydrogens is 378 g/mol. The molecule has 0 unspecified atom stereocenters. The number of carbonyl (C=O) groups is 2. The van der Waals surface area contributed by atoms with Crippen LogP contribution in [-0.2, 0) is 19.1 Å². The van der Waals surface area contributed by atoms with Gasteiger partial charge in [0.25, 0.3) is 0 Å². The molecule has 156 valence electrons. The maximum absolute atomic E-state index is 9.10. The minimum absolute atomic E-state index is 0.0499. The summed E-state index contributed by atoms with van der Waals surface area (Å²) in [4.78, 5) is 18.2. The number of ether oxygens (including phenoxy) is 3. The molecule has 2 aromatic rings. The summed E-state index contributed by atoms with van der Waals surface area (Å²) in [6.45, 7) is 3.43. The summed E-state index contributed by atoms with van der Waals surface area (Å²) in [5.41, 5.74) is 1.18. The molecule has 3 rings (SSSR count). The molecular formula is C21H25NO7. The summed E-state index contributed by atoms with van der Waals surface area (Å²) < 4.78 is 17.4. The van der Waals surface area contributed by atoms with Gasteiger partial charge in [-0.25, -0.2) is 9.59 Å². The van der Waals surface area contributed by atoms with Crippen LogP contribution in [0.2, 0.25) is 0 Å². The van der Waals surface area contributed by atoms with Crippen LogP contribution in [0.1, 0.15) is 11.7 Å². The van der Waals surface area contributed by atoms with Crippen molar-refractivity contribution in [1.29, 1.82) is 0 Å². The Hall–Kier alpha value is -2.94. The Labute approximate surface area is 169 Å². The van der Waals surface area contributed by atoms with Crippen molar-refractivity contribution in [3.8, 4) is 5.75 Å². The third-order valence-corrected chi connectivity index (χ3v) is 3.98. The van der Waals surface area contributed by atoms with Gasteiger partial charge >= 0.3 is 11.9 Å². The standard InChI is InChI=1S/C19H23NO3.C2H2O4/c1-3-7-16(8-4-1)19-15-22-18(14-23-19)13-20-11-12-21-17-9-5-2-6-10-17;3-1(4)2(5)6/h1-10,18-20H,11-15H2;(H,3,4)(H,5,6)/t18-,19+;/m1./s1. The van der Waals surface area contributed by atoms with Crippen LogP contribution in [0.3, 0.4) is 0 Å². The molecule has 0 aliphatic carbocycles. The van der Waals surface area contributed by atoms with Gasteiger partial charge in [-0.2, -0.15) is 0 Å². The number of carboxylic acids is 2. The molecule has 0 aromatic heterocycles. The molecule has 3 N–H and O–H groups in total. The van der Waals surface area contributed by atoms with Crippen LogP contribution in [0, 0.1) is 0 Å². The van der Waals surface area contributed by atoms with Crippen LogP contribution in [0.25, 0.3) is 0 Å². The van der Waals surface area contributed by atoms with E-state index in [9.17, 15) is 0 Å². The van der Waals surface area contributed by atoms with Crippen LogP contribution in [-0.4, -0.2) is 61.2 Å². The van der Waals surface area contributed by atoms with E-state index in [1.807, 2.05) is 48.5 Å². The van der Waals surface area contributed by atoms with E-state index >= 15 is 0 Å². The summed E-state index contributed by atoms with van der Waals surface area (Å²) in [7, 11) is 0. The van der Waals surface area contributed by atoms with E-state index in [1.165, 1.54) is 5.56 Å². The molecule has 0 radical (unpaired) electrons. The van der Waals surface area contributed by atoms with E-state index in [0.29, 0.717) is 19.8 Å². The highest BCUT2D eigenvalue weighted by molar-refractivity contribution is 6.27. The van der Waals surface area contributed by atoms with Crippen molar-refractivity contribution in [3.63, 3.8) is 0 Å². The van der Waals surface area contributed by atoms with E-state index in [2.05, 4.69) is 17.4 Å². The van der Waals surface area contributed by atoms with Crippen molar-refractivity contribution in [2.24, 2.45) is 0 Å². The van der Waals surface area contributed by atoms with Gasteiger partial charge in [0.2, 0.25) is 0 Å². The molecule has 2 atom stereocenters. The smallest absolute Gasteiger partial charge is 0.414 e. The summed E-state index contributed by atoms with van der Waals surface area (Å²) >= 11 is 0. The van der Waals surface area contributed by atoms with Crippen LogP contribution in [0.4, 0.5) is 0 Å². The highest BCUT2D eigenvalue weighted by Gasteiger charge is 2.22. The minimum Gasteiger partial charge on any atom is -0.492 e. The average Bonchev–Trinajstić information content (AvgIpc) is 2.76. The van der Waals surface area contributed by atoms with Gasteiger partial charge in [0.15, 0.2) is 0 Å². The lowest BCUT2D eigenvalue weighted by atomic mass is 10.1. The molecule has 0 spiro atoms. The summed E-state index contributed by atoms with van der Waals surface area (Å²) in [6.07, 6.45) is 0.153. The van der Waals surface area contributed by atoms with Gasteiger partial charge in [-0.3, -0.25) is 0 Å². The van der Waals surface area contributed by atoms with Gasteiger partial charge in [-0.1, -0.05) is 48.5 Å². The first-order chi connectivity index (χ1) is 14.1. The largest absolute Gasteiger partial charge is 0.492 e. The van der Waals surface area contributed by atoms with E-state index in [4.69, 9.17) is 34.0 Å². The molecule has 0 saturated carbocycles. The Kier molecular flexibility index (Phi) is 9.64. The molecule has 0 bridgehead atoms. The molecule has 8 heteroatoms. The third-order valence-electron chi connectivity index (χ3n) is 3.98. The molecule has 1 saturated heterocycles. The van der Waals surface area contributed by atoms with Crippen molar-refractivity contribution in [2.75, 3.05) is 32.9 Å². The number of rotatable bonds is 7. The zero-order chi connectivity index (χ0) is 20.9. The number of hydrogen-bond acceptors (Lipinski definition) is 6. The van der Waals surface area contributed by atoms with Crippen LogP contribution in [0.5, 0.6) is 5.75 Å². The maximum Gasteiger partial charge on any atom is 0.414 e. The number of nitrogens with one attached hydrogen (secondary N) is 1. The lowest BCUT2D eigenvalue weighted by Gasteiger charge is -2.30. The van der Waals surface area contributed by atoms with Gasteiger partial charge in [-0.15, -0.1) is 0 Å². The Morgan fingerprint density at radius 2 is 1.55 bits per heavy atom. The fraction of sp³-hybridized carbons (Fsp3) is 0.333. The fourth-order valence-corrected chi connectivity index (χ4v) is 2.54. The van der Waals surface area contributed by atoms with Gasteiger partial charge < -0.3 is 29.7 Å². The monoisotopic (exact) mass is 403 g/mol. The molecule has 1 aliphatic rings. The summed E-state index contributed by atoms with van der Waals surface area (Å²) in [6, 6.07) is 20.1. The Morgan fingerprint density at radius 1 is 0.931 bits per heavy atom. The fourth-order valence-electron chi connectivity index (χ4n) is 2.54. The number of hydrogen-bond donors (Lipinski definition) is 3. The van der Waals surface area contributed by atoms with Crippen LogP contribution >= 0.6 is 0 Å². The topological polar surface area (TPSA) is 114 Å². The molecule has 2 aromatic carbocycles. The second kappa shape index (κ2) is 12.5. The van der Waals surface area contributed by atoms with Crippen molar-refractivity contribution in [2.45, 2.75) is 12.2 Å². The van der Waals surface area contributed by atoms with E-state index in [0.717, 1.165) is 18.8 Å². The second-order valence-corrected chi connectivity index (χ2v) is 6.16. The number of carboxylic acid groups (broad SMARTS) is 2. The first kappa shape index (κ1) is 22.4. The highest BCUT2D eigenvalue weighted by Crippen LogP contribution is 2.22. The maximum atomic E-state index is 9.10. The lowest BCUT2D eigenvalue weighted by Crippen LogP contribution is -2.39. The highest BCUT2D eigenvalue weighted by atomic mass is 16.6. The van der Waals surface area contributed by atoms with E-state index in [1.54, 1.807) is 0 Å². The zero-order valence-electron chi connectivity index (χ0n) is 15.9. The van der Waals surface area contributed by atoms with E-state index < -0.39 is 11.9 Å². The van der Waals surface area contributed by atoms with Gasteiger partial charge in [0, 0.05) is 13.1 Å². The Balaban J connectivity index is 0.000000438. The third kappa shape index (κ3) is 8.73. The predicted molar refractivity (Wildman–Crippen MR) is 105 cm³/mol. The Bertz CT molecular complexity index is 719. The summed E-state index contributed by atoms with van der Waals surface area (Å²) in [5, 5.41) is 18.1. The minimum atomic E-state index is -1.82. The van der Waals surface area contributed by atoms with Crippen molar-refractivity contribution in [3.05, 3.63) is 66.2 Å². The second-order valence-electron chi connectivity index (χ2n) is 6.16. The van der Waals surface area contributed by atoms with Gasteiger partial charge in [0.05, 0.1) is 19.3 Å². The van der Waals surface area contributed by atoms with Crippen molar-refractivity contribution in [1.82, 2.24) is 5.32 Å². The normalized spacial score (nSPS) is 18.2. The van der Waals surface area contributed by atoms with E-state index in [-0.39, 0.29) is 12.2 Å². The zero-order valence-corrected chi connectivity index (χ0v) is 15.9. The average molecular weight is 403 g/mol. The summed E-state index contributed by atoms with van der Waals surface area (Å²) in [5.74, 6) is -2.75. The van der Waals surface area contributed by atoms with Crippen molar-refractivity contribution < 1.29 is 34.0 Å². The first-order valence-corrected chi connectivity index (χ1v) is 9.19. The number of para-hydroxylation sites is 1. The molecule has 29 heavy (non-hydrogen) atoms. The lowest BCUT2D eigenvalue weighted by molar-refractivity contribution is -0.159. The quantitative estimate of drug-likeness (QED) is 0.475. The van der Waals surface area contributed by atoms with Gasteiger partial charge in [-0.05, 0) is 17.7 Å². The first-order valence-electron chi connectivity index (χ1n) is 9.19. The predicted octanol–water partition coefficient (Wildman–Crippen LogP) is 1.97. The molecule has 1 aliphatic heterocycles. The molecule has 0 amide bonds. The van der Waals surface area contributed by atoms with Crippen LogP contribution in [0.15, 0.2) is 60.7 Å². The Morgan fingerprint density at radius 3 is 2.10 bits per heavy atom.